The number of halogens is 1. The van der Waals surface area contributed by atoms with Crippen molar-refractivity contribution in [2.75, 3.05) is 6.61 Å². The number of benzene rings is 1. The first-order valence-electron chi connectivity index (χ1n) is 6.23. The Hall–Kier alpha value is -1.08. The SMILES string of the molecule is N#Cc1ccc(CNC2(CO)CCCC2)c(Cl)c1. The molecule has 1 aliphatic carbocycles. The molecule has 0 unspecified atom stereocenters. The lowest BCUT2D eigenvalue weighted by molar-refractivity contribution is 0.163. The molecule has 96 valence electrons. The number of rotatable bonds is 4. The van der Waals surface area contributed by atoms with Gasteiger partial charge in [-0.25, -0.2) is 0 Å². The molecule has 1 aromatic rings. The minimum atomic E-state index is -0.142. The summed E-state index contributed by atoms with van der Waals surface area (Å²) in [7, 11) is 0. The molecule has 0 aliphatic heterocycles. The predicted octanol–water partition coefficient (Wildman–Crippen LogP) is 2.61. The molecule has 1 aromatic carbocycles. The van der Waals surface area contributed by atoms with Gasteiger partial charge < -0.3 is 10.4 Å². The molecule has 1 fully saturated rings. The highest BCUT2D eigenvalue weighted by molar-refractivity contribution is 6.31. The predicted molar refractivity (Wildman–Crippen MR) is 71.3 cm³/mol. The first-order valence-corrected chi connectivity index (χ1v) is 6.61. The summed E-state index contributed by atoms with van der Waals surface area (Å²) in [6.45, 7) is 0.798. The highest BCUT2D eigenvalue weighted by atomic mass is 35.5. The van der Waals surface area contributed by atoms with Crippen LogP contribution < -0.4 is 5.32 Å². The number of nitrogens with one attached hydrogen (secondary N) is 1. The molecule has 1 aliphatic rings. The zero-order chi connectivity index (χ0) is 13.0. The van der Waals surface area contributed by atoms with Crippen molar-refractivity contribution in [2.45, 2.75) is 37.8 Å². The van der Waals surface area contributed by atoms with Crippen molar-refractivity contribution in [3.8, 4) is 6.07 Å². The maximum atomic E-state index is 9.51. The van der Waals surface area contributed by atoms with Crippen LogP contribution in [0.15, 0.2) is 18.2 Å². The Morgan fingerprint density at radius 2 is 2.11 bits per heavy atom. The molecule has 0 bridgehead atoms. The standard InChI is InChI=1S/C14H17ClN2O/c15-13-7-11(8-16)3-4-12(13)9-17-14(10-18)5-1-2-6-14/h3-4,7,17-18H,1-2,5-6,9-10H2. The Kier molecular flexibility index (Phi) is 4.23. The smallest absolute Gasteiger partial charge is 0.0992 e. The lowest BCUT2D eigenvalue weighted by Gasteiger charge is -2.28. The summed E-state index contributed by atoms with van der Waals surface area (Å²) in [5.41, 5.74) is 1.40. The monoisotopic (exact) mass is 264 g/mol. The van der Waals surface area contributed by atoms with Crippen LogP contribution in [0.2, 0.25) is 5.02 Å². The molecule has 2 N–H and O–H groups in total. The van der Waals surface area contributed by atoms with E-state index < -0.39 is 0 Å². The number of nitriles is 1. The molecule has 0 radical (unpaired) electrons. The number of nitrogens with zero attached hydrogens (tertiary/aromatic N) is 1. The van der Waals surface area contributed by atoms with Crippen molar-refractivity contribution in [1.82, 2.24) is 5.32 Å². The largest absolute Gasteiger partial charge is 0.394 e. The van der Waals surface area contributed by atoms with E-state index in [1.165, 1.54) is 0 Å². The van der Waals surface area contributed by atoms with E-state index in [9.17, 15) is 5.11 Å². The maximum absolute atomic E-state index is 9.51. The zero-order valence-electron chi connectivity index (χ0n) is 10.2. The fourth-order valence-corrected chi connectivity index (χ4v) is 2.73. The molecule has 1 saturated carbocycles. The van der Waals surface area contributed by atoms with Crippen molar-refractivity contribution >= 4 is 11.6 Å². The molecular weight excluding hydrogens is 248 g/mol. The van der Waals surface area contributed by atoms with E-state index in [2.05, 4.69) is 11.4 Å². The average Bonchev–Trinajstić information content (AvgIpc) is 2.86. The molecule has 0 aromatic heterocycles. The van der Waals surface area contributed by atoms with Crippen LogP contribution in [-0.2, 0) is 6.54 Å². The molecule has 2 rings (SSSR count). The Morgan fingerprint density at radius 3 is 2.67 bits per heavy atom. The van der Waals surface area contributed by atoms with Gasteiger partial charge in [-0.05, 0) is 30.5 Å². The van der Waals surface area contributed by atoms with E-state index in [4.69, 9.17) is 16.9 Å². The number of aliphatic hydroxyl groups excluding tert-OH is 1. The quantitative estimate of drug-likeness (QED) is 0.879. The molecule has 0 heterocycles. The number of hydrogen-bond donors (Lipinski definition) is 2. The van der Waals surface area contributed by atoms with Crippen molar-refractivity contribution in [1.29, 1.82) is 5.26 Å². The fourth-order valence-electron chi connectivity index (χ4n) is 2.49. The third-order valence-corrected chi connectivity index (χ3v) is 4.05. The average molecular weight is 265 g/mol. The summed E-state index contributed by atoms with van der Waals surface area (Å²) in [4.78, 5) is 0. The van der Waals surface area contributed by atoms with Gasteiger partial charge in [0, 0.05) is 17.1 Å². The van der Waals surface area contributed by atoms with Gasteiger partial charge in [-0.2, -0.15) is 5.26 Å². The Bertz CT molecular complexity index is 461. The summed E-state index contributed by atoms with van der Waals surface area (Å²) in [5, 5.41) is 22.3. The minimum absolute atomic E-state index is 0.142. The second kappa shape index (κ2) is 5.71. The normalized spacial score (nSPS) is 17.6. The van der Waals surface area contributed by atoms with E-state index in [0.29, 0.717) is 17.1 Å². The van der Waals surface area contributed by atoms with Crippen LogP contribution in [0.25, 0.3) is 0 Å². The minimum Gasteiger partial charge on any atom is -0.394 e. The maximum Gasteiger partial charge on any atom is 0.0992 e. The van der Waals surface area contributed by atoms with Crippen LogP contribution >= 0.6 is 11.6 Å². The summed E-state index contributed by atoms with van der Waals surface area (Å²) in [5.74, 6) is 0. The second-order valence-electron chi connectivity index (χ2n) is 4.92. The van der Waals surface area contributed by atoms with Gasteiger partial charge in [0.1, 0.15) is 0 Å². The summed E-state index contributed by atoms with van der Waals surface area (Å²) in [6, 6.07) is 7.38. The van der Waals surface area contributed by atoms with Gasteiger partial charge in [-0.3, -0.25) is 0 Å². The van der Waals surface area contributed by atoms with Gasteiger partial charge in [0.2, 0.25) is 0 Å². The van der Waals surface area contributed by atoms with Gasteiger partial charge in [0.05, 0.1) is 18.2 Å². The molecule has 0 spiro atoms. The van der Waals surface area contributed by atoms with Gasteiger partial charge in [0.15, 0.2) is 0 Å². The molecule has 0 saturated heterocycles. The number of hydrogen-bond acceptors (Lipinski definition) is 3. The fraction of sp³-hybridized carbons (Fsp3) is 0.500. The topological polar surface area (TPSA) is 56.0 Å². The van der Waals surface area contributed by atoms with E-state index in [1.54, 1.807) is 12.1 Å². The number of aliphatic hydroxyl groups is 1. The Labute approximate surface area is 112 Å². The van der Waals surface area contributed by atoms with Crippen molar-refractivity contribution < 1.29 is 5.11 Å². The molecular formula is C14H17ClN2O. The van der Waals surface area contributed by atoms with Crippen LogP contribution in [0, 0.1) is 11.3 Å². The third kappa shape index (κ3) is 2.84. The van der Waals surface area contributed by atoms with Crippen molar-refractivity contribution in [3.63, 3.8) is 0 Å². The molecule has 0 atom stereocenters. The Balaban J connectivity index is 2.04. The molecule has 0 amide bonds. The van der Waals surface area contributed by atoms with Crippen LogP contribution in [0.3, 0.4) is 0 Å². The molecule has 18 heavy (non-hydrogen) atoms. The molecule has 3 nitrogen and oxygen atoms in total. The van der Waals surface area contributed by atoms with Crippen molar-refractivity contribution in [3.05, 3.63) is 34.3 Å². The van der Waals surface area contributed by atoms with Gasteiger partial charge in [-0.15, -0.1) is 0 Å². The van der Waals surface area contributed by atoms with Crippen LogP contribution in [-0.4, -0.2) is 17.3 Å². The zero-order valence-corrected chi connectivity index (χ0v) is 11.0. The van der Waals surface area contributed by atoms with Crippen LogP contribution in [0.5, 0.6) is 0 Å². The summed E-state index contributed by atoms with van der Waals surface area (Å²) >= 11 is 6.13. The molecule has 4 heteroatoms. The van der Waals surface area contributed by atoms with Gasteiger partial charge in [-0.1, -0.05) is 30.5 Å². The van der Waals surface area contributed by atoms with E-state index in [1.807, 2.05) is 6.07 Å². The first kappa shape index (κ1) is 13.4. The van der Waals surface area contributed by atoms with Crippen molar-refractivity contribution in [2.24, 2.45) is 0 Å². The van der Waals surface area contributed by atoms with Crippen LogP contribution in [0.4, 0.5) is 0 Å². The Morgan fingerprint density at radius 1 is 1.39 bits per heavy atom. The van der Waals surface area contributed by atoms with Gasteiger partial charge in [0.25, 0.3) is 0 Å². The first-order chi connectivity index (χ1) is 8.69. The summed E-state index contributed by atoms with van der Waals surface area (Å²) < 4.78 is 0. The van der Waals surface area contributed by atoms with E-state index in [0.717, 1.165) is 31.2 Å². The van der Waals surface area contributed by atoms with Crippen LogP contribution in [0.1, 0.15) is 36.8 Å². The highest BCUT2D eigenvalue weighted by Gasteiger charge is 2.32. The van der Waals surface area contributed by atoms with Gasteiger partial charge >= 0.3 is 0 Å². The highest BCUT2D eigenvalue weighted by Crippen LogP contribution is 2.30. The second-order valence-corrected chi connectivity index (χ2v) is 5.32. The lowest BCUT2D eigenvalue weighted by atomic mass is 9.98. The van der Waals surface area contributed by atoms with E-state index in [-0.39, 0.29) is 12.1 Å². The third-order valence-electron chi connectivity index (χ3n) is 3.70. The summed E-state index contributed by atoms with van der Waals surface area (Å²) in [6.07, 6.45) is 4.35. The lowest BCUT2D eigenvalue weighted by Crippen LogP contribution is -2.45. The van der Waals surface area contributed by atoms with E-state index >= 15 is 0 Å².